The van der Waals surface area contributed by atoms with E-state index in [9.17, 15) is 22.8 Å². The largest absolute Gasteiger partial charge is 0.480 e. The molecule has 0 saturated heterocycles. The first-order valence-electron chi connectivity index (χ1n) is 5.60. The van der Waals surface area contributed by atoms with E-state index in [-0.39, 0.29) is 10.2 Å². The minimum atomic E-state index is -4.44. The number of carbonyl (C=O) groups excluding carboxylic acids is 1. The third-order valence-electron chi connectivity index (χ3n) is 2.34. The number of hydrogen-bond donors (Lipinski definition) is 2. The quantitative estimate of drug-likeness (QED) is 0.764. The van der Waals surface area contributed by atoms with Crippen LogP contribution in [0.1, 0.15) is 12.5 Å². The molecule has 0 bridgehead atoms. The van der Waals surface area contributed by atoms with Gasteiger partial charge in [-0.3, -0.25) is 4.79 Å². The number of rotatable bonds is 5. The van der Waals surface area contributed by atoms with Crippen molar-refractivity contribution >= 4 is 39.6 Å². The van der Waals surface area contributed by atoms with Gasteiger partial charge in [-0.25, -0.2) is 4.79 Å². The average Bonchev–Trinajstić information content (AvgIpc) is 2.33. The lowest BCUT2D eigenvalue weighted by atomic mass is 10.2. The third-order valence-corrected chi connectivity index (χ3v) is 4.43. The van der Waals surface area contributed by atoms with Gasteiger partial charge in [0.05, 0.1) is 5.56 Å². The van der Waals surface area contributed by atoms with Gasteiger partial charge in [-0.2, -0.15) is 13.2 Å². The van der Waals surface area contributed by atoms with Crippen molar-refractivity contribution in [1.82, 2.24) is 5.32 Å². The molecule has 1 rings (SSSR count). The van der Waals surface area contributed by atoms with Crippen LogP contribution in [0.5, 0.6) is 0 Å². The lowest BCUT2D eigenvalue weighted by molar-refractivity contribution is -0.140. The summed E-state index contributed by atoms with van der Waals surface area (Å²) in [4.78, 5) is 22.3. The molecule has 0 radical (unpaired) electrons. The van der Waals surface area contributed by atoms with Crippen LogP contribution < -0.4 is 5.32 Å². The average molecular weight is 386 g/mol. The second kappa shape index (κ2) is 7.17. The maximum absolute atomic E-state index is 12.5. The Kier molecular flexibility index (Phi) is 6.09. The molecule has 0 heterocycles. The van der Waals surface area contributed by atoms with Gasteiger partial charge in [0, 0.05) is 22.0 Å². The Bertz CT molecular complexity index is 551. The highest BCUT2D eigenvalue weighted by Gasteiger charge is 2.31. The zero-order chi connectivity index (χ0) is 16.2. The topological polar surface area (TPSA) is 66.4 Å². The van der Waals surface area contributed by atoms with Gasteiger partial charge < -0.3 is 10.4 Å². The number of carboxylic acid groups (broad SMARTS) is 1. The van der Waals surface area contributed by atoms with Crippen LogP contribution in [-0.2, 0) is 15.8 Å². The molecule has 9 heteroatoms. The zero-order valence-corrected chi connectivity index (χ0v) is 13.1. The molecule has 1 aromatic rings. The monoisotopic (exact) mass is 385 g/mol. The third kappa shape index (κ3) is 5.58. The molecule has 116 valence electrons. The smallest absolute Gasteiger partial charge is 0.416 e. The van der Waals surface area contributed by atoms with Crippen molar-refractivity contribution in [1.29, 1.82) is 0 Å². The van der Waals surface area contributed by atoms with Crippen LogP contribution in [-0.4, -0.2) is 28.8 Å². The number of alkyl halides is 3. The lowest BCUT2D eigenvalue weighted by Gasteiger charge is -2.14. The first-order chi connectivity index (χ1) is 9.61. The molecule has 0 fully saturated rings. The molecular formula is C12H11BrF3NO3S. The summed E-state index contributed by atoms with van der Waals surface area (Å²) in [5.41, 5.74) is -0.796. The van der Waals surface area contributed by atoms with E-state index in [1.54, 1.807) is 0 Å². The first-order valence-corrected chi connectivity index (χ1v) is 7.38. The number of amides is 1. The van der Waals surface area contributed by atoms with Gasteiger partial charge in [0.2, 0.25) is 5.91 Å². The number of thioether (sulfide) groups is 1. The number of carbonyl (C=O) groups is 2. The highest BCUT2D eigenvalue weighted by atomic mass is 79.9. The minimum Gasteiger partial charge on any atom is -0.480 e. The molecule has 21 heavy (non-hydrogen) atoms. The SMILES string of the molecule is CC(=O)NC(CSc1ccc(C(F)(F)F)cc1Br)C(=O)O. The molecule has 0 saturated carbocycles. The van der Waals surface area contributed by atoms with Gasteiger partial charge in [-0.05, 0) is 34.1 Å². The fourth-order valence-electron chi connectivity index (χ4n) is 1.39. The van der Waals surface area contributed by atoms with Crippen LogP contribution in [0, 0.1) is 0 Å². The Morgan fingerprint density at radius 1 is 1.43 bits per heavy atom. The molecule has 1 atom stereocenters. The molecule has 0 aliphatic rings. The van der Waals surface area contributed by atoms with Crippen LogP contribution in [0.25, 0.3) is 0 Å². The van der Waals surface area contributed by atoms with Crippen LogP contribution in [0.3, 0.4) is 0 Å². The molecule has 0 aliphatic carbocycles. The van der Waals surface area contributed by atoms with Crippen LogP contribution >= 0.6 is 27.7 Å². The van der Waals surface area contributed by atoms with Crippen molar-refractivity contribution < 1.29 is 27.9 Å². The van der Waals surface area contributed by atoms with Gasteiger partial charge in [0.15, 0.2) is 0 Å². The lowest BCUT2D eigenvalue weighted by Crippen LogP contribution is -2.41. The number of hydrogen-bond acceptors (Lipinski definition) is 3. The Balaban J connectivity index is 2.79. The van der Waals surface area contributed by atoms with Crippen molar-refractivity contribution in [2.75, 3.05) is 5.75 Å². The molecule has 2 N–H and O–H groups in total. The first kappa shape index (κ1) is 17.8. The molecule has 1 aromatic carbocycles. The molecule has 0 aromatic heterocycles. The molecule has 4 nitrogen and oxygen atoms in total. The predicted octanol–water partition coefficient (Wildman–Crippen LogP) is 3.15. The Hall–Kier alpha value is -1.22. The van der Waals surface area contributed by atoms with E-state index in [1.165, 1.54) is 13.0 Å². The van der Waals surface area contributed by atoms with Crippen molar-refractivity contribution in [3.05, 3.63) is 28.2 Å². The maximum Gasteiger partial charge on any atom is 0.416 e. The second-order valence-electron chi connectivity index (χ2n) is 4.05. The van der Waals surface area contributed by atoms with Gasteiger partial charge in [0.1, 0.15) is 6.04 Å². The Morgan fingerprint density at radius 3 is 2.48 bits per heavy atom. The van der Waals surface area contributed by atoms with E-state index in [0.29, 0.717) is 4.90 Å². The van der Waals surface area contributed by atoms with E-state index in [2.05, 4.69) is 21.2 Å². The predicted molar refractivity (Wildman–Crippen MR) is 75.1 cm³/mol. The van der Waals surface area contributed by atoms with Gasteiger partial charge in [-0.1, -0.05) is 0 Å². The summed E-state index contributed by atoms with van der Waals surface area (Å²) in [5.74, 6) is -1.70. The van der Waals surface area contributed by atoms with Crippen molar-refractivity contribution in [2.24, 2.45) is 0 Å². The minimum absolute atomic E-state index is 0.00111. The van der Waals surface area contributed by atoms with Crippen LogP contribution in [0.15, 0.2) is 27.6 Å². The standard InChI is InChI=1S/C12H11BrF3NO3S/c1-6(18)17-9(11(19)20)5-21-10-3-2-7(4-8(10)13)12(14,15)16/h2-4,9H,5H2,1H3,(H,17,18)(H,19,20). The molecule has 0 aliphatic heterocycles. The van der Waals surface area contributed by atoms with Crippen LogP contribution in [0.4, 0.5) is 13.2 Å². The van der Waals surface area contributed by atoms with E-state index in [4.69, 9.17) is 5.11 Å². The molecular weight excluding hydrogens is 375 g/mol. The fraction of sp³-hybridized carbons (Fsp3) is 0.333. The summed E-state index contributed by atoms with van der Waals surface area (Å²) in [5, 5.41) is 11.2. The Morgan fingerprint density at radius 2 is 2.05 bits per heavy atom. The van der Waals surface area contributed by atoms with E-state index in [0.717, 1.165) is 23.9 Å². The van der Waals surface area contributed by atoms with Gasteiger partial charge in [0.25, 0.3) is 0 Å². The number of aliphatic carboxylic acids is 1. The zero-order valence-electron chi connectivity index (χ0n) is 10.7. The van der Waals surface area contributed by atoms with E-state index >= 15 is 0 Å². The maximum atomic E-state index is 12.5. The summed E-state index contributed by atoms with van der Waals surface area (Å²) >= 11 is 4.06. The summed E-state index contributed by atoms with van der Waals surface area (Å²) < 4.78 is 37.7. The number of halogens is 4. The summed E-state index contributed by atoms with van der Waals surface area (Å²) in [6.45, 7) is 1.19. The van der Waals surface area contributed by atoms with Crippen LogP contribution in [0.2, 0.25) is 0 Å². The highest BCUT2D eigenvalue weighted by Crippen LogP contribution is 2.35. The number of nitrogens with one attached hydrogen (secondary N) is 1. The van der Waals surface area contributed by atoms with Gasteiger partial charge >= 0.3 is 12.1 Å². The summed E-state index contributed by atoms with van der Waals surface area (Å²) in [6, 6.07) is 1.99. The molecule has 1 amide bonds. The van der Waals surface area contributed by atoms with Crippen molar-refractivity contribution in [3.8, 4) is 0 Å². The summed E-state index contributed by atoms with van der Waals surface area (Å²) in [7, 11) is 0. The van der Waals surface area contributed by atoms with Crippen molar-refractivity contribution in [2.45, 2.75) is 24.0 Å². The molecule has 1 unspecified atom stereocenters. The highest BCUT2D eigenvalue weighted by molar-refractivity contribution is 9.10. The van der Waals surface area contributed by atoms with E-state index in [1.807, 2.05) is 0 Å². The number of carboxylic acids is 1. The normalized spacial score (nSPS) is 12.8. The van der Waals surface area contributed by atoms with E-state index < -0.39 is 29.7 Å². The fourth-order valence-corrected chi connectivity index (χ4v) is 3.04. The summed E-state index contributed by atoms with van der Waals surface area (Å²) in [6.07, 6.45) is -4.44. The van der Waals surface area contributed by atoms with Crippen molar-refractivity contribution in [3.63, 3.8) is 0 Å². The molecule has 0 spiro atoms. The second-order valence-corrected chi connectivity index (χ2v) is 5.96. The Labute approximate surface area is 131 Å². The number of benzene rings is 1. The van der Waals surface area contributed by atoms with Gasteiger partial charge in [-0.15, -0.1) is 11.8 Å².